The third-order valence-corrected chi connectivity index (χ3v) is 4.52. The zero-order chi connectivity index (χ0) is 17.6. The zero-order valence-corrected chi connectivity index (χ0v) is 14.9. The number of methoxy groups -OCH3 is 1. The monoisotopic (exact) mass is 343 g/mol. The molecule has 0 atom stereocenters. The van der Waals surface area contributed by atoms with E-state index in [1.54, 1.807) is 7.11 Å². The summed E-state index contributed by atoms with van der Waals surface area (Å²) in [7, 11) is 1.64. The van der Waals surface area contributed by atoms with Crippen LogP contribution in [0.2, 0.25) is 0 Å². The maximum Gasteiger partial charge on any atom is 0.227 e. The molecule has 1 saturated heterocycles. The van der Waals surface area contributed by atoms with Crippen molar-refractivity contribution in [2.75, 3.05) is 33.3 Å². The summed E-state index contributed by atoms with van der Waals surface area (Å²) in [5, 5.41) is 4.06. The van der Waals surface area contributed by atoms with Gasteiger partial charge in [0, 0.05) is 38.8 Å². The number of aromatic nitrogens is 1. The van der Waals surface area contributed by atoms with Crippen molar-refractivity contribution in [1.29, 1.82) is 0 Å². The molecule has 6 heteroatoms. The smallest absolute Gasteiger partial charge is 0.227 e. The third kappa shape index (κ3) is 4.82. The Kier molecular flexibility index (Phi) is 5.71. The molecule has 2 aromatic rings. The fraction of sp³-hybridized carbons (Fsp3) is 0.474. The van der Waals surface area contributed by atoms with E-state index in [1.807, 2.05) is 42.2 Å². The van der Waals surface area contributed by atoms with Crippen LogP contribution in [0.1, 0.15) is 23.4 Å². The molecule has 0 saturated carbocycles. The maximum atomic E-state index is 12.6. The lowest BCUT2D eigenvalue weighted by Crippen LogP contribution is -2.36. The number of benzene rings is 1. The molecular weight excluding hydrogens is 318 g/mol. The number of amides is 1. The number of hydrogen-bond donors (Lipinski definition) is 0. The summed E-state index contributed by atoms with van der Waals surface area (Å²) in [5.41, 5.74) is 1.97. The molecule has 2 heterocycles. The minimum Gasteiger partial charge on any atom is -0.497 e. The molecule has 6 nitrogen and oxygen atoms in total. The summed E-state index contributed by atoms with van der Waals surface area (Å²) in [6.07, 6.45) is 1.41. The van der Waals surface area contributed by atoms with E-state index in [4.69, 9.17) is 9.26 Å². The van der Waals surface area contributed by atoms with Crippen molar-refractivity contribution in [2.24, 2.45) is 0 Å². The Morgan fingerprint density at radius 2 is 2.00 bits per heavy atom. The van der Waals surface area contributed by atoms with Crippen LogP contribution in [0, 0.1) is 6.92 Å². The summed E-state index contributed by atoms with van der Waals surface area (Å²) < 4.78 is 10.3. The van der Waals surface area contributed by atoms with Gasteiger partial charge in [-0.05, 0) is 31.0 Å². The minimum absolute atomic E-state index is 0.185. The average molecular weight is 343 g/mol. The second-order valence-electron chi connectivity index (χ2n) is 6.46. The van der Waals surface area contributed by atoms with Crippen LogP contribution in [0.3, 0.4) is 0 Å². The Labute approximate surface area is 148 Å². The molecule has 134 valence electrons. The average Bonchev–Trinajstić information content (AvgIpc) is 2.88. The van der Waals surface area contributed by atoms with Crippen LogP contribution in [0.25, 0.3) is 0 Å². The molecule has 3 rings (SSSR count). The number of carbonyl (C=O) groups is 1. The normalized spacial score (nSPS) is 15.8. The third-order valence-electron chi connectivity index (χ3n) is 4.52. The van der Waals surface area contributed by atoms with Gasteiger partial charge in [0.2, 0.25) is 5.91 Å². The number of aryl methyl sites for hydroxylation is 1. The van der Waals surface area contributed by atoms with Crippen molar-refractivity contribution >= 4 is 5.91 Å². The highest BCUT2D eigenvalue weighted by atomic mass is 16.5. The number of carbonyl (C=O) groups excluding carboxylic acids is 1. The van der Waals surface area contributed by atoms with E-state index in [1.165, 1.54) is 0 Å². The maximum absolute atomic E-state index is 12.6. The van der Waals surface area contributed by atoms with Crippen LogP contribution in [0.4, 0.5) is 0 Å². The molecule has 1 aromatic heterocycles. The van der Waals surface area contributed by atoms with Crippen molar-refractivity contribution in [3.63, 3.8) is 0 Å². The molecular formula is C19H25N3O3. The van der Waals surface area contributed by atoms with Gasteiger partial charge < -0.3 is 14.2 Å². The largest absolute Gasteiger partial charge is 0.497 e. The first-order chi connectivity index (χ1) is 12.1. The number of rotatable bonds is 5. The highest BCUT2D eigenvalue weighted by Gasteiger charge is 2.20. The molecule has 1 aliphatic heterocycles. The van der Waals surface area contributed by atoms with Gasteiger partial charge in [0.25, 0.3) is 0 Å². The predicted octanol–water partition coefficient (Wildman–Crippen LogP) is 2.27. The highest BCUT2D eigenvalue weighted by molar-refractivity contribution is 5.78. The van der Waals surface area contributed by atoms with Gasteiger partial charge in [0.05, 0.1) is 19.2 Å². The van der Waals surface area contributed by atoms with Gasteiger partial charge in [-0.2, -0.15) is 0 Å². The number of ether oxygens (including phenoxy) is 1. The molecule has 1 aromatic carbocycles. The standard InChI is InChI=1S/C19H25N3O3/c1-15-12-17(20-25-15)14-21-8-3-9-22(11-10-21)19(23)13-16-4-6-18(24-2)7-5-16/h4-7,12H,3,8-11,13-14H2,1-2H3. The van der Waals surface area contributed by atoms with E-state index in [9.17, 15) is 4.79 Å². The minimum atomic E-state index is 0.185. The lowest BCUT2D eigenvalue weighted by Gasteiger charge is -2.21. The van der Waals surface area contributed by atoms with Gasteiger partial charge >= 0.3 is 0 Å². The fourth-order valence-electron chi connectivity index (χ4n) is 3.13. The Hall–Kier alpha value is -2.34. The van der Waals surface area contributed by atoms with Crippen LogP contribution in [-0.2, 0) is 17.8 Å². The van der Waals surface area contributed by atoms with Crippen molar-refractivity contribution in [2.45, 2.75) is 26.3 Å². The summed E-state index contributed by atoms with van der Waals surface area (Å²) in [5.74, 6) is 1.83. The molecule has 0 aliphatic carbocycles. The van der Waals surface area contributed by atoms with Gasteiger partial charge in [-0.25, -0.2) is 0 Å². The van der Waals surface area contributed by atoms with Gasteiger partial charge in [0.15, 0.2) is 0 Å². The van der Waals surface area contributed by atoms with Gasteiger partial charge in [-0.15, -0.1) is 0 Å². The second-order valence-corrected chi connectivity index (χ2v) is 6.46. The first-order valence-electron chi connectivity index (χ1n) is 8.69. The van der Waals surface area contributed by atoms with Gasteiger partial charge in [-0.1, -0.05) is 17.3 Å². The van der Waals surface area contributed by atoms with Crippen molar-refractivity contribution in [1.82, 2.24) is 15.0 Å². The molecule has 1 aliphatic rings. The molecule has 0 spiro atoms. The van der Waals surface area contributed by atoms with E-state index >= 15 is 0 Å². The number of hydrogen-bond acceptors (Lipinski definition) is 5. The first-order valence-corrected chi connectivity index (χ1v) is 8.69. The summed E-state index contributed by atoms with van der Waals surface area (Å²) in [6.45, 7) is 6.07. The van der Waals surface area contributed by atoms with Crippen LogP contribution in [0.5, 0.6) is 5.75 Å². The molecule has 25 heavy (non-hydrogen) atoms. The Morgan fingerprint density at radius 1 is 1.20 bits per heavy atom. The van der Waals surface area contributed by atoms with Crippen LogP contribution >= 0.6 is 0 Å². The lowest BCUT2D eigenvalue weighted by molar-refractivity contribution is -0.130. The lowest BCUT2D eigenvalue weighted by atomic mass is 10.1. The van der Waals surface area contributed by atoms with E-state index in [2.05, 4.69) is 10.1 Å². The van der Waals surface area contributed by atoms with E-state index in [-0.39, 0.29) is 5.91 Å². The topological polar surface area (TPSA) is 58.8 Å². The van der Waals surface area contributed by atoms with Crippen LogP contribution in [-0.4, -0.2) is 54.2 Å². The first kappa shape index (κ1) is 17.5. The zero-order valence-electron chi connectivity index (χ0n) is 14.9. The van der Waals surface area contributed by atoms with Gasteiger partial charge in [-0.3, -0.25) is 9.69 Å². The molecule has 0 radical (unpaired) electrons. The molecule has 0 N–H and O–H groups in total. The SMILES string of the molecule is COc1ccc(CC(=O)N2CCCN(Cc3cc(C)on3)CC2)cc1. The van der Waals surface area contributed by atoms with E-state index < -0.39 is 0 Å². The highest BCUT2D eigenvalue weighted by Crippen LogP contribution is 2.14. The van der Waals surface area contributed by atoms with Crippen LogP contribution < -0.4 is 4.74 Å². The second kappa shape index (κ2) is 8.16. The van der Waals surface area contributed by atoms with E-state index in [0.717, 1.165) is 61.9 Å². The molecule has 0 unspecified atom stereocenters. The summed E-state index contributed by atoms with van der Waals surface area (Å²) in [6, 6.07) is 9.67. The Bertz CT molecular complexity index is 696. The van der Waals surface area contributed by atoms with Crippen molar-refractivity contribution < 1.29 is 14.1 Å². The van der Waals surface area contributed by atoms with E-state index in [0.29, 0.717) is 6.42 Å². The van der Waals surface area contributed by atoms with Gasteiger partial charge in [0.1, 0.15) is 11.5 Å². The van der Waals surface area contributed by atoms with Crippen molar-refractivity contribution in [3.05, 3.63) is 47.3 Å². The summed E-state index contributed by atoms with van der Waals surface area (Å²) >= 11 is 0. The molecule has 0 bridgehead atoms. The summed E-state index contributed by atoms with van der Waals surface area (Å²) in [4.78, 5) is 16.9. The number of nitrogens with zero attached hydrogens (tertiary/aromatic N) is 3. The quantitative estimate of drug-likeness (QED) is 0.833. The Morgan fingerprint density at radius 3 is 2.68 bits per heavy atom. The van der Waals surface area contributed by atoms with Crippen molar-refractivity contribution in [3.8, 4) is 5.75 Å². The Balaban J connectivity index is 1.52. The fourth-order valence-corrected chi connectivity index (χ4v) is 3.13. The molecule has 1 fully saturated rings. The van der Waals surface area contributed by atoms with Crippen LogP contribution in [0.15, 0.2) is 34.9 Å². The predicted molar refractivity (Wildman–Crippen MR) is 94.4 cm³/mol. The molecule has 1 amide bonds.